The van der Waals surface area contributed by atoms with E-state index in [0.717, 1.165) is 17.4 Å². The number of pyridine rings is 1. The molecule has 1 aliphatic rings. The van der Waals surface area contributed by atoms with Gasteiger partial charge in [-0.05, 0) is 12.1 Å². The van der Waals surface area contributed by atoms with Gasteiger partial charge in [-0.25, -0.2) is 9.97 Å². The highest BCUT2D eigenvalue weighted by Gasteiger charge is 2.25. The first-order chi connectivity index (χ1) is 9.38. The summed E-state index contributed by atoms with van der Waals surface area (Å²) in [4.78, 5) is 10.7. The van der Waals surface area contributed by atoms with Crippen LogP contribution in [-0.4, -0.2) is 29.7 Å². The zero-order chi connectivity index (χ0) is 13.1. The van der Waals surface area contributed by atoms with E-state index < -0.39 is 0 Å². The molecule has 0 radical (unpaired) electrons. The zero-order valence-electron chi connectivity index (χ0n) is 10.2. The number of hydrogen-bond acceptors (Lipinski definition) is 6. The van der Waals surface area contributed by atoms with Crippen molar-refractivity contribution in [2.24, 2.45) is 0 Å². The van der Waals surface area contributed by atoms with Crippen molar-refractivity contribution in [3.8, 4) is 6.07 Å². The van der Waals surface area contributed by atoms with E-state index in [-0.39, 0.29) is 6.10 Å². The molecule has 0 bridgehead atoms. The second kappa shape index (κ2) is 5.34. The highest BCUT2D eigenvalue weighted by molar-refractivity contribution is 7.09. The van der Waals surface area contributed by atoms with Gasteiger partial charge in [0.2, 0.25) is 0 Å². The Hall–Kier alpha value is -1.97. The second-order valence-electron chi connectivity index (χ2n) is 4.16. The number of morpholine rings is 1. The zero-order valence-corrected chi connectivity index (χ0v) is 11.0. The van der Waals surface area contributed by atoms with Crippen LogP contribution in [0.25, 0.3) is 0 Å². The van der Waals surface area contributed by atoms with Gasteiger partial charge in [0.1, 0.15) is 23.0 Å². The topological polar surface area (TPSA) is 62.0 Å². The molecule has 1 fully saturated rings. The molecule has 0 spiro atoms. The predicted octanol–water partition coefficient (Wildman–Crippen LogP) is 1.99. The Bertz CT molecular complexity index is 593. The summed E-state index contributed by atoms with van der Waals surface area (Å²) in [6.45, 7) is 2.04. The molecule has 19 heavy (non-hydrogen) atoms. The highest BCUT2D eigenvalue weighted by Crippen LogP contribution is 2.27. The third-order valence-corrected chi connectivity index (χ3v) is 3.87. The fourth-order valence-corrected chi connectivity index (χ4v) is 2.80. The third kappa shape index (κ3) is 2.43. The van der Waals surface area contributed by atoms with E-state index in [0.29, 0.717) is 18.7 Å². The lowest BCUT2D eigenvalue weighted by molar-refractivity contribution is 0.0393. The van der Waals surface area contributed by atoms with Crippen molar-refractivity contribution in [3.05, 3.63) is 40.5 Å². The van der Waals surface area contributed by atoms with E-state index in [9.17, 15) is 0 Å². The van der Waals surface area contributed by atoms with Gasteiger partial charge in [0, 0.05) is 24.3 Å². The van der Waals surface area contributed by atoms with Crippen LogP contribution < -0.4 is 4.90 Å². The maximum Gasteiger partial charge on any atom is 0.146 e. The molecule has 0 aliphatic carbocycles. The summed E-state index contributed by atoms with van der Waals surface area (Å²) in [7, 11) is 0. The van der Waals surface area contributed by atoms with Gasteiger partial charge in [-0.3, -0.25) is 0 Å². The summed E-state index contributed by atoms with van der Waals surface area (Å²) in [5.74, 6) is 0.731. The minimum absolute atomic E-state index is 0.0395. The van der Waals surface area contributed by atoms with Gasteiger partial charge in [-0.15, -0.1) is 11.3 Å². The number of aromatic nitrogens is 2. The van der Waals surface area contributed by atoms with Crippen molar-refractivity contribution >= 4 is 17.2 Å². The minimum atomic E-state index is -0.0395. The first-order valence-electron chi connectivity index (χ1n) is 5.99. The fraction of sp³-hybridized carbons (Fsp3) is 0.308. The molecule has 1 atom stereocenters. The number of anilines is 1. The number of ether oxygens (including phenoxy) is 1. The molecule has 0 unspecified atom stereocenters. The van der Waals surface area contributed by atoms with Crippen molar-refractivity contribution in [1.82, 2.24) is 9.97 Å². The Balaban J connectivity index is 1.84. The molecule has 96 valence electrons. The molecule has 3 heterocycles. The van der Waals surface area contributed by atoms with Gasteiger partial charge in [0.25, 0.3) is 0 Å². The van der Waals surface area contributed by atoms with Crippen molar-refractivity contribution in [3.63, 3.8) is 0 Å². The normalized spacial score (nSPS) is 19.1. The van der Waals surface area contributed by atoms with Crippen LogP contribution in [0.2, 0.25) is 0 Å². The summed E-state index contributed by atoms with van der Waals surface area (Å²) in [6, 6.07) is 5.75. The first kappa shape index (κ1) is 12.1. The summed E-state index contributed by atoms with van der Waals surface area (Å²) >= 11 is 1.59. The standard InChI is InChI=1S/C13H12N4OS/c14-8-10-2-1-3-15-12(10)17-5-6-18-11(9-17)13-16-4-7-19-13/h1-4,7,11H,5-6,9H2/t11-/m0/s1. The summed E-state index contributed by atoms with van der Waals surface area (Å²) in [5.41, 5.74) is 0.599. The van der Waals surface area contributed by atoms with Crippen molar-refractivity contribution < 1.29 is 4.74 Å². The quantitative estimate of drug-likeness (QED) is 0.836. The Kier molecular flexibility index (Phi) is 3.40. The molecular weight excluding hydrogens is 260 g/mol. The molecule has 0 aromatic carbocycles. The van der Waals surface area contributed by atoms with Crippen LogP contribution in [0.5, 0.6) is 0 Å². The number of rotatable bonds is 2. The van der Waals surface area contributed by atoms with Crippen LogP contribution in [0, 0.1) is 11.3 Å². The molecule has 0 N–H and O–H groups in total. The maximum absolute atomic E-state index is 9.14. The maximum atomic E-state index is 9.14. The molecule has 0 saturated carbocycles. The predicted molar refractivity (Wildman–Crippen MR) is 72.0 cm³/mol. The van der Waals surface area contributed by atoms with Gasteiger partial charge >= 0.3 is 0 Å². The van der Waals surface area contributed by atoms with E-state index in [1.54, 1.807) is 35.9 Å². The highest BCUT2D eigenvalue weighted by atomic mass is 32.1. The largest absolute Gasteiger partial charge is 0.367 e. The van der Waals surface area contributed by atoms with Gasteiger partial charge in [0.05, 0.1) is 18.7 Å². The van der Waals surface area contributed by atoms with Crippen LogP contribution in [0.3, 0.4) is 0 Å². The second-order valence-corrected chi connectivity index (χ2v) is 5.09. The van der Waals surface area contributed by atoms with E-state index in [1.165, 1.54) is 0 Å². The fourth-order valence-electron chi connectivity index (χ4n) is 2.12. The molecule has 5 nitrogen and oxygen atoms in total. The smallest absolute Gasteiger partial charge is 0.146 e. The summed E-state index contributed by atoms with van der Waals surface area (Å²) in [5, 5.41) is 12.1. The monoisotopic (exact) mass is 272 g/mol. The summed E-state index contributed by atoms with van der Waals surface area (Å²) in [6.07, 6.45) is 3.45. The Labute approximate surface area is 115 Å². The van der Waals surface area contributed by atoms with E-state index in [1.807, 2.05) is 5.38 Å². The molecule has 1 aliphatic heterocycles. The molecule has 0 amide bonds. The van der Waals surface area contributed by atoms with Gasteiger partial charge in [-0.2, -0.15) is 5.26 Å². The van der Waals surface area contributed by atoms with Gasteiger partial charge in [-0.1, -0.05) is 0 Å². The Morgan fingerprint density at radius 2 is 2.37 bits per heavy atom. The van der Waals surface area contributed by atoms with Crippen LogP contribution in [0.15, 0.2) is 29.9 Å². The lowest BCUT2D eigenvalue weighted by Gasteiger charge is -2.33. The molecule has 2 aromatic heterocycles. The lowest BCUT2D eigenvalue weighted by atomic mass is 10.2. The minimum Gasteiger partial charge on any atom is -0.367 e. The van der Waals surface area contributed by atoms with E-state index >= 15 is 0 Å². The van der Waals surface area contributed by atoms with E-state index in [4.69, 9.17) is 10.00 Å². The van der Waals surface area contributed by atoms with Crippen molar-refractivity contribution in [2.75, 3.05) is 24.6 Å². The number of nitrogens with zero attached hydrogens (tertiary/aromatic N) is 4. The molecule has 2 aromatic rings. The molecular formula is C13H12N4OS. The van der Waals surface area contributed by atoms with Crippen molar-refractivity contribution in [1.29, 1.82) is 5.26 Å². The Morgan fingerprint density at radius 1 is 1.42 bits per heavy atom. The first-order valence-corrected chi connectivity index (χ1v) is 6.87. The lowest BCUT2D eigenvalue weighted by Crippen LogP contribution is -2.39. The summed E-state index contributed by atoms with van der Waals surface area (Å²) < 4.78 is 5.74. The molecule has 6 heteroatoms. The van der Waals surface area contributed by atoms with Gasteiger partial charge in [0.15, 0.2) is 0 Å². The average Bonchev–Trinajstić information content (AvgIpc) is 3.01. The van der Waals surface area contributed by atoms with Crippen LogP contribution in [0.1, 0.15) is 16.7 Å². The number of hydrogen-bond donors (Lipinski definition) is 0. The van der Waals surface area contributed by atoms with Crippen LogP contribution in [0.4, 0.5) is 5.82 Å². The molecule has 3 rings (SSSR count). The number of thiazole rings is 1. The van der Waals surface area contributed by atoms with Crippen LogP contribution >= 0.6 is 11.3 Å². The van der Waals surface area contributed by atoms with Crippen molar-refractivity contribution in [2.45, 2.75) is 6.10 Å². The Morgan fingerprint density at radius 3 is 3.16 bits per heavy atom. The molecule has 1 saturated heterocycles. The SMILES string of the molecule is N#Cc1cccnc1N1CCO[C@H](c2nccs2)C1. The van der Waals surface area contributed by atoms with E-state index in [2.05, 4.69) is 20.9 Å². The third-order valence-electron chi connectivity index (χ3n) is 3.00. The number of nitriles is 1. The van der Waals surface area contributed by atoms with Gasteiger partial charge < -0.3 is 9.64 Å². The average molecular weight is 272 g/mol. The van der Waals surface area contributed by atoms with Crippen LogP contribution in [-0.2, 0) is 4.74 Å².